The second kappa shape index (κ2) is 6.54. The lowest BCUT2D eigenvalue weighted by molar-refractivity contribution is 0.102. The van der Waals surface area contributed by atoms with Gasteiger partial charge >= 0.3 is 0 Å². The highest BCUT2D eigenvalue weighted by molar-refractivity contribution is 7.00. The number of carbonyl (C=O) groups excluding carboxylic acids is 1. The van der Waals surface area contributed by atoms with Crippen LogP contribution in [0.4, 0.5) is 5.69 Å². The molecule has 0 saturated heterocycles. The van der Waals surface area contributed by atoms with E-state index in [1.165, 1.54) is 0 Å². The highest BCUT2D eigenvalue weighted by Crippen LogP contribution is 2.28. The van der Waals surface area contributed by atoms with Crippen LogP contribution in [0, 0.1) is 6.92 Å². The summed E-state index contributed by atoms with van der Waals surface area (Å²) in [5.41, 5.74) is 6.45. The number of hydrogen-bond acceptors (Lipinski definition) is 5. The molecule has 0 radical (unpaired) electrons. The fourth-order valence-corrected chi connectivity index (χ4v) is 3.73. The van der Waals surface area contributed by atoms with Gasteiger partial charge in [0.25, 0.3) is 5.91 Å². The van der Waals surface area contributed by atoms with Gasteiger partial charge in [0, 0.05) is 23.5 Å². The van der Waals surface area contributed by atoms with E-state index in [0.29, 0.717) is 11.3 Å². The fraction of sp³-hybridized carbons (Fsp3) is 0.0476. The summed E-state index contributed by atoms with van der Waals surface area (Å²) < 4.78 is 10.4. The molecular weight excluding hydrogens is 370 g/mol. The summed E-state index contributed by atoms with van der Waals surface area (Å²) in [6, 6.07) is 17.0. The molecule has 0 unspecified atom stereocenters. The molecule has 1 N–H and O–H groups in total. The van der Waals surface area contributed by atoms with Crippen molar-refractivity contribution in [3.63, 3.8) is 0 Å². The lowest BCUT2D eigenvalue weighted by atomic mass is 10.1. The van der Waals surface area contributed by atoms with Crippen LogP contribution >= 0.6 is 11.7 Å². The van der Waals surface area contributed by atoms with Gasteiger partial charge in [-0.1, -0.05) is 24.3 Å². The van der Waals surface area contributed by atoms with Crippen molar-refractivity contribution in [3.8, 4) is 11.3 Å². The number of para-hydroxylation sites is 1. The van der Waals surface area contributed by atoms with Crippen LogP contribution < -0.4 is 5.32 Å². The minimum absolute atomic E-state index is 0.192. The molecule has 7 heteroatoms. The predicted molar refractivity (Wildman–Crippen MR) is 111 cm³/mol. The van der Waals surface area contributed by atoms with E-state index < -0.39 is 0 Å². The van der Waals surface area contributed by atoms with Gasteiger partial charge in [0.2, 0.25) is 0 Å². The second-order valence-electron chi connectivity index (χ2n) is 6.52. The largest absolute Gasteiger partial charge is 0.321 e. The second-order valence-corrected chi connectivity index (χ2v) is 7.04. The minimum Gasteiger partial charge on any atom is -0.321 e. The van der Waals surface area contributed by atoms with Crippen LogP contribution in [-0.2, 0) is 0 Å². The monoisotopic (exact) mass is 385 g/mol. The number of nitrogens with one attached hydrogen (secondary N) is 1. The third-order valence-corrected chi connectivity index (χ3v) is 5.20. The van der Waals surface area contributed by atoms with E-state index in [1.807, 2.05) is 66.2 Å². The van der Waals surface area contributed by atoms with Crippen LogP contribution in [0.15, 0.2) is 67.0 Å². The van der Waals surface area contributed by atoms with Crippen molar-refractivity contribution in [1.29, 1.82) is 0 Å². The lowest BCUT2D eigenvalue weighted by Crippen LogP contribution is -2.12. The Morgan fingerprint density at radius 2 is 1.89 bits per heavy atom. The Labute approximate surface area is 164 Å². The van der Waals surface area contributed by atoms with Gasteiger partial charge in [-0.15, -0.1) is 0 Å². The molecule has 0 spiro atoms. The predicted octanol–water partition coefficient (Wildman–Crippen LogP) is 4.57. The van der Waals surface area contributed by atoms with E-state index >= 15 is 0 Å². The van der Waals surface area contributed by atoms with Gasteiger partial charge < -0.3 is 9.72 Å². The normalized spacial score (nSPS) is 11.2. The Hall–Kier alpha value is -3.58. The van der Waals surface area contributed by atoms with Crippen LogP contribution in [-0.4, -0.2) is 24.0 Å². The Morgan fingerprint density at radius 3 is 2.79 bits per heavy atom. The van der Waals surface area contributed by atoms with Crippen molar-refractivity contribution in [1.82, 2.24) is 18.1 Å². The maximum absolute atomic E-state index is 12.8. The number of fused-ring (bicyclic) bond motifs is 2. The van der Waals surface area contributed by atoms with E-state index in [4.69, 9.17) is 4.98 Å². The molecule has 0 fully saturated rings. The van der Waals surface area contributed by atoms with Gasteiger partial charge in [0.15, 0.2) is 0 Å². The fourth-order valence-electron chi connectivity index (χ4n) is 3.22. The molecular formula is C21H15N5OS. The molecule has 1 amide bonds. The summed E-state index contributed by atoms with van der Waals surface area (Å²) >= 11 is 1.14. The maximum atomic E-state index is 12.8. The Balaban J connectivity index is 1.52. The van der Waals surface area contributed by atoms with E-state index in [0.717, 1.165) is 45.2 Å². The third-order valence-electron chi connectivity index (χ3n) is 4.65. The Morgan fingerprint density at radius 1 is 1.04 bits per heavy atom. The van der Waals surface area contributed by atoms with Crippen LogP contribution in [0.2, 0.25) is 0 Å². The molecule has 0 aliphatic rings. The first-order valence-corrected chi connectivity index (χ1v) is 9.49. The molecule has 0 saturated carbocycles. The zero-order valence-corrected chi connectivity index (χ0v) is 15.8. The minimum atomic E-state index is -0.192. The summed E-state index contributed by atoms with van der Waals surface area (Å²) in [4.78, 5) is 17.6. The summed E-state index contributed by atoms with van der Waals surface area (Å²) in [5, 5.41) is 3.01. The molecule has 0 bridgehead atoms. The molecule has 5 rings (SSSR count). The molecule has 2 aromatic carbocycles. The number of carbonyl (C=O) groups is 1. The molecule has 136 valence electrons. The standard InChI is InChI=1S/C21H15N5OS/c1-13-5-4-10-26-12-19(22-20(13)26)15-6-2-3-7-16(15)23-21(27)14-8-9-17-18(11-14)25-28-24-17/h2-12H,1H3,(H,23,27). The number of rotatable bonds is 3. The van der Waals surface area contributed by atoms with Gasteiger partial charge in [-0.05, 0) is 42.8 Å². The third kappa shape index (κ3) is 2.82. The number of benzene rings is 2. The molecule has 0 aliphatic heterocycles. The molecule has 0 atom stereocenters. The van der Waals surface area contributed by atoms with Crippen LogP contribution in [0.3, 0.4) is 0 Å². The van der Waals surface area contributed by atoms with Crippen molar-refractivity contribution in [3.05, 3.63) is 78.1 Å². The molecule has 0 aliphatic carbocycles. The van der Waals surface area contributed by atoms with E-state index in [-0.39, 0.29) is 5.91 Å². The summed E-state index contributed by atoms with van der Waals surface area (Å²) in [6.07, 6.45) is 3.94. The first kappa shape index (κ1) is 16.6. The van der Waals surface area contributed by atoms with Gasteiger partial charge in [-0.25, -0.2) is 4.98 Å². The average Bonchev–Trinajstić information content (AvgIpc) is 3.35. The van der Waals surface area contributed by atoms with Crippen molar-refractivity contribution in [2.45, 2.75) is 6.92 Å². The number of nitrogens with zero attached hydrogens (tertiary/aromatic N) is 4. The maximum Gasteiger partial charge on any atom is 0.255 e. The Kier molecular flexibility index (Phi) is 3.87. The van der Waals surface area contributed by atoms with Gasteiger partial charge in [0.05, 0.1) is 23.1 Å². The van der Waals surface area contributed by atoms with Crippen LogP contribution in [0.5, 0.6) is 0 Å². The quantitative estimate of drug-likeness (QED) is 0.494. The molecule has 6 nitrogen and oxygen atoms in total. The van der Waals surface area contributed by atoms with Crippen molar-refractivity contribution in [2.24, 2.45) is 0 Å². The highest BCUT2D eigenvalue weighted by atomic mass is 32.1. The summed E-state index contributed by atoms with van der Waals surface area (Å²) in [6.45, 7) is 2.03. The average molecular weight is 385 g/mol. The van der Waals surface area contributed by atoms with Crippen molar-refractivity contribution < 1.29 is 4.79 Å². The zero-order valence-electron chi connectivity index (χ0n) is 15.0. The lowest BCUT2D eigenvalue weighted by Gasteiger charge is -2.09. The van der Waals surface area contributed by atoms with E-state index in [1.54, 1.807) is 12.1 Å². The number of pyridine rings is 1. The van der Waals surface area contributed by atoms with Crippen molar-refractivity contribution in [2.75, 3.05) is 5.32 Å². The molecule has 5 aromatic rings. The topological polar surface area (TPSA) is 72.2 Å². The molecule has 28 heavy (non-hydrogen) atoms. The SMILES string of the molecule is Cc1cccn2cc(-c3ccccc3NC(=O)c3ccc4nsnc4c3)nc12. The van der Waals surface area contributed by atoms with E-state index in [9.17, 15) is 4.79 Å². The highest BCUT2D eigenvalue weighted by Gasteiger charge is 2.14. The van der Waals surface area contributed by atoms with Crippen LogP contribution in [0.25, 0.3) is 27.9 Å². The number of anilines is 1. The summed E-state index contributed by atoms with van der Waals surface area (Å²) in [5.74, 6) is -0.192. The van der Waals surface area contributed by atoms with Crippen molar-refractivity contribution >= 4 is 40.0 Å². The van der Waals surface area contributed by atoms with Gasteiger partial charge in [0.1, 0.15) is 16.7 Å². The number of aromatic nitrogens is 4. The summed E-state index contributed by atoms with van der Waals surface area (Å²) in [7, 11) is 0. The zero-order chi connectivity index (χ0) is 19.1. The van der Waals surface area contributed by atoms with Gasteiger partial charge in [-0.3, -0.25) is 4.79 Å². The van der Waals surface area contributed by atoms with E-state index in [2.05, 4.69) is 14.1 Å². The number of hydrogen-bond donors (Lipinski definition) is 1. The van der Waals surface area contributed by atoms with Crippen LogP contribution in [0.1, 0.15) is 15.9 Å². The van der Waals surface area contributed by atoms with Gasteiger partial charge in [-0.2, -0.15) is 8.75 Å². The number of amides is 1. The molecule has 3 aromatic heterocycles. The first-order valence-electron chi connectivity index (χ1n) is 8.76. The smallest absolute Gasteiger partial charge is 0.255 e. The molecule has 3 heterocycles. The first-order chi connectivity index (χ1) is 13.7. The Bertz CT molecular complexity index is 1340. The number of imidazole rings is 1. The number of aryl methyl sites for hydroxylation is 1.